The molecule has 0 saturated heterocycles. The quantitative estimate of drug-likeness (QED) is 0.479. The lowest BCUT2D eigenvalue weighted by molar-refractivity contribution is -0.136. The van der Waals surface area contributed by atoms with Gasteiger partial charge in [-0.3, -0.25) is 9.59 Å². The van der Waals surface area contributed by atoms with Crippen LogP contribution in [0.5, 0.6) is 11.5 Å². The Labute approximate surface area is 145 Å². The third-order valence-electron chi connectivity index (χ3n) is 3.12. The van der Waals surface area contributed by atoms with E-state index in [1.54, 1.807) is 55.6 Å². The van der Waals surface area contributed by atoms with Gasteiger partial charge in [-0.25, -0.2) is 5.43 Å². The molecule has 25 heavy (non-hydrogen) atoms. The third-order valence-corrected chi connectivity index (χ3v) is 3.12. The van der Waals surface area contributed by atoms with Crippen molar-refractivity contribution in [2.75, 3.05) is 19.0 Å². The topological polar surface area (TPSA) is 89.0 Å². The molecule has 130 valence electrons. The smallest absolute Gasteiger partial charge is 0.329 e. The first-order valence-corrected chi connectivity index (χ1v) is 7.63. The van der Waals surface area contributed by atoms with Gasteiger partial charge in [0.2, 0.25) is 0 Å². The van der Waals surface area contributed by atoms with Crippen LogP contribution in [0.1, 0.15) is 12.5 Å². The summed E-state index contributed by atoms with van der Waals surface area (Å²) >= 11 is 0. The molecular formula is C18H19N3O4. The molecule has 2 rings (SSSR count). The Morgan fingerprint density at radius 2 is 1.64 bits per heavy atom. The first-order valence-electron chi connectivity index (χ1n) is 7.63. The average Bonchev–Trinajstić information content (AvgIpc) is 2.64. The van der Waals surface area contributed by atoms with Crippen LogP contribution in [0, 0.1) is 0 Å². The predicted octanol–water partition coefficient (Wildman–Crippen LogP) is 2.18. The molecule has 0 bridgehead atoms. The van der Waals surface area contributed by atoms with E-state index in [1.165, 1.54) is 6.21 Å². The number of benzene rings is 2. The zero-order valence-electron chi connectivity index (χ0n) is 14.0. The Bertz CT molecular complexity index is 740. The molecule has 2 aromatic carbocycles. The van der Waals surface area contributed by atoms with Crippen molar-refractivity contribution in [2.45, 2.75) is 6.92 Å². The third kappa shape index (κ3) is 5.65. The first kappa shape index (κ1) is 18.0. The monoisotopic (exact) mass is 341 g/mol. The molecule has 0 aliphatic heterocycles. The summed E-state index contributed by atoms with van der Waals surface area (Å²) in [5.41, 5.74) is 3.42. The number of nitrogens with zero attached hydrogens (tertiary/aromatic N) is 1. The Hall–Kier alpha value is -3.35. The number of rotatable bonds is 6. The molecule has 2 aromatic rings. The van der Waals surface area contributed by atoms with Crippen LogP contribution in [0.15, 0.2) is 53.6 Å². The highest BCUT2D eigenvalue weighted by atomic mass is 16.5. The maximum absolute atomic E-state index is 11.8. The number of amides is 2. The molecule has 0 fully saturated rings. The lowest BCUT2D eigenvalue weighted by atomic mass is 10.2. The van der Waals surface area contributed by atoms with Crippen LogP contribution in [0.2, 0.25) is 0 Å². The molecule has 0 aliphatic rings. The largest absolute Gasteiger partial charge is 0.497 e. The van der Waals surface area contributed by atoms with Crippen LogP contribution in [-0.2, 0) is 9.59 Å². The maximum Gasteiger partial charge on any atom is 0.329 e. The number of hydrogen-bond acceptors (Lipinski definition) is 5. The molecule has 2 amide bonds. The summed E-state index contributed by atoms with van der Waals surface area (Å²) in [5, 5.41) is 6.23. The van der Waals surface area contributed by atoms with E-state index in [0.29, 0.717) is 18.0 Å². The van der Waals surface area contributed by atoms with Crippen LogP contribution in [-0.4, -0.2) is 31.7 Å². The summed E-state index contributed by atoms with van der Waals surface area (Å²) in [6.45, 7) is 2.44. The van der Waals surface area contributed by atoms with Crippen molar-refractivity contribution in [2.24, 2.45) is 5.10 Å². The molecule has 7 heteroatoms. The second-order valence-corrected chi connectivity index (χ2v) is 4.88. The summed E-state index contributed by atoms with van der Waals surface area (Å²) < 4.78 is 10.3. The summed E-state index contributed by atoms with van der Waals surface area (Å²) in [6.07, 6.45) is 1.43. The number of anilines is 1. The molecule has 0 radical (unpaired) electrons. The molecule has 2 N–H and O–H groups in total. The van der Waals surface area contributed by atoms with Gasteiger partial charge in [-0.15, -0.1) is 0 Å². The van der Waals surface area contributed by atoms with E-state index in [1.807, 2.05) is 6.92 Å². The van der Waals surface area contributed by atoms with Gasteiger partial charge in [-0.2, -0.15) is 5.10 Å². The number of nitrogens with one attached hydrogen (secondary N) is 2. The Kier molecular flexibility index (Phi) is 6.53. The molecule has 0 aliphatic carbocycles. The van der Waals surface area contributed by atoms with Crippen LogP contribution < -0.4 is 20.2 Å². The number of carbonyl (C=O) groups is 2. The summed E-state index contributed by atoms with van der Waals surface area (Å²) in [7, 11) is 1.58. The maximum atomic E-state index is 11.8. The van der Waals surface area contributed by atoms with Gasteiger partial charge in [-0.1, -0.05) is 0 Å². The fourth-order valence-electron chi connectivity index (χ4n) is 1.90. The van der Waals surface area contributed by atoms with Crippen LogP contribution in [0.25, 0.3) is 0 Å². The van der Waals surface area contributed by atoms with E-state index >= 15 is 0 Å². The molecule has 0 atom stereocenters. The number of hydrogen-bond donors (Lipinski definition) is 2. The van der Waals surface area contributed by atoms with E-state index in [2.05, 4.69) is 15.8 Å². The fraction of sp³-hybridized carbons (Fsp3) is 0.167. The Morgan fingerprint density at radius 3 is 2.24 bits per heavy atom. The van der Waals surface area contributed by atoms with Crippen molar-refractivity contribution in [3.63, 3.8) is 0 Å². The highest BCUT2D eigenvalue weighted by molar-refractivity contribution is 6.39. The van der Waals surface area contributed by atoms with E-state index in [4.69, 9.17) is 9.47 Å². The highest BCUT2D eigenvalue weighted by Gasteiger charge is 2.12. The van der Waals surface area contributed by atoms with Gasteiger partial charge in [0.1, 0.15) is 11.5 Å². The summed E-state index contributed by atoms with van der Waals surface area (Å²) in [5.74, 6) is -0.264. The first-order chi connectivity index (χ1) is 12.1. The predicted molar refractivity (Wildman–Crippen MR) is 95.0 cm³/mol. The molecule has 7 nitrogen and oxygen atoms in total. The number of methoxy groups -OCH3 is 1. The molecule has 0 aromatic heterocycles. The van der Waals surface area contributed by atoms with Gasteiger partial charge in [-0.05, 0) is 61.0 Å². The lowest BCUT2D eigenvalue weighted by Gasteiger charge is -2.06. The minimum Gasteiger partial charge on any atom is -0.497 e. The van der Waals surface area contributed by atoms with E-state index < -0.39 is 11.8 Å². The SMILES string of the molecule is CCOc1ccc(NC(=O)C(=O)N/N=C/c2ccc(OC)cc2)cc1. The van der Waals surface area contributed by atoms with Crippen molar-refractivity contribution >= 4 is 23.7 Å². The standard InChI is InChI=1S/C18H19N3O4/c1-3-25-16-10-6-14(7-11-16)20-17(22)18(23)21-19-12-13-4-8-15(24-2)9-5-13/h4-12H,3H2,1-2H3,(H,20,22)(H,21,23)/b19-12+. The molecule has 0 spiro atoms. The second kappa shape index (κ2) is 9.07. The highest BCUT2D eigenvalue weighted by Crippen LogP contribution is 2.15. The minimum absolute atomic E-state index is 0.489. The minimum atomic E-state index is -0.862. The number of hydrazone groups is 1. The Balaban J connectivity index is 1.84. The normalized spacial score (nSPS) is 10.3. The van der Waals surface area contributed by atoms with Crippen molar-refractivity contribution in [1.82, 2.24) is 5.43 Å². The molecule has 0 unspecified atom stereocenters. The summed E-state index contributed by atoms with van der Waals surface area (Å²) in [4.78, 5) is 23.5. The van der Waals surface area contributed by atoms with Crippen LogP contribution >= 0.6 is 0 Å². The molecular weight excluding hydrogens is 322 g/mol. The van der Waals surface area contributed by atoms with Gasteiger partial charge in [0, 0.05) is 5.69 Å². The second-order valence-electron chi connectivity index (χ2n) is 4.88. The molecule has 0 heterocycles. The Morgan fingerprint density at radius 1 is 1.00 bits per heavy atom. The molecule has 0 saturated carbocycles. The number of carbonyl (C=O) groups excluding carboxylic acids is 2. The van der Waals surface area contributed by atoms with Crippen LogP contribution in [0.4, 0.5) is 5.69 Å². The van der Waals surface area contributed by atoms with Crippen molar-refractivity contribution < 1.29 is 19.1 Å². The van der Waals surface area contributed by atoms with Crippen LogP contribution in [0.3, 0.4) is 0 Å². The summed E-state index contributed by atoms with van der Waals surface area (Å²) in [6, 6.07) is 13.8. The van der Waals surface area contributed by atoms with Gasteiger partial charge in [0.25, 0.3) is 0 Å². The fourth-order valence-corrected chi connectivity index (χ4v) is 1.90. The average molecular weight is 341 g/mol. The van der Waals surface area contributed by atoms with Gasteiger partial charge in [0.15, 0.2) is 0 Å². The van der Waals surface area contributed by atoms with Gasteiger partial charge >= 0.3 is 11.8 Å². The van der Waals surface area contributed by atoms with Crippen molar-refractivity contribution in [1.29, 1.82) is 0 Å². The number of ether oxygens (including phenoxy) is 2. The van der Waals surface area contributed by atoms with E-state index in [0.717, 1.165) is 11.3 Å². The van der Waals surface area contributed by atoms with Gasteiger partial charge in [0.05, 0.1) is 19.9 Å². The van der Waals surface area contributed by atoms with E-state index in [9.17, 15) is 9.59 Å². The zero-order valence-corrected chi connectivity index (χ0v) is 14.0. The van der Waals surface area contributed by atoms with E-state index in [-0.39, 0.29) is 0 Å². The van der Waals surface area contributed by atoms with Crippen molar-refractivity contribution in [3.05, 3.63) is 54.1 Å². The zero-order chi connectivity index (χ0) is 18.1. The lowest BCUT2D eigenvalue weighted by Crippen LogP contribution is -2.32. The van der Waals surface area contributed by atoms with Gasteiger partial charge < -0.3 is 14.8 Å². The van der Waals surface area contributed by atoms with Crippen molar-refractivity contribution in [3.8, 4) is 11.5 Å².